The first-order valence-electron chi connectivity index (χ1n) is 10.4. The monoisotopic (exact) mass is 425 g/mol. The summed E-state index contributed by atoms with van der Waals surface area (Å²) in [6.07, 6.45) is 2.02. The zero-order chi connectivity index (χ0) is 22.9. The van der Waals surface area contributed by atoms with Crippen molar-refractivity contribution in [3.8, 4) is 5.75 Å². The lowest BCUT2D eigenvalue weighted by Crippen LogP contribution is -2.46. The number of benzene rings is 2. The van der Waals surface area contributed by atoms with Crippen molar-refractivity contribution in [3.63, 3.8) is 0 Å². The Hall–Kier alpha value is -3.35. The van der Waals surface area contributed by atoms with Gasteiger partial charge in [-0.2, -0.15) is 0 Å². The van der Waals surface area contributed by atoms with Gasteiger partial charge in [0.05, 0.1) is 13.2 Å². The van der Waals surface area contributed by atoms with E-state index in [9.17, 15) is 14.4 Å². The highest BCUT2D eigenvalue weighted by Crippen LogP contribution is 2.22. The van der Waals surface area contributed by atoms with E-state index < -0.39 is 11.8 Å². The van der Waals surface area contributed by atoms with Gasteiger partial charge < -0.3 is 10.1 Å². The fraction of sp³-hybridized carbons (Fsp3) is 0.375. The normalized spacial score (nSPS) is 10.8. The predicted octanol–water partition coefficient (Wildman–Crippen LogP) is 3.35. The molecule has 0 fully saturated rings. The first-order valence-corrected chi connectivity index (χ1v) is 10.4. The Morgan fingerprint density at radius 1 is 0.839 bits per heavy atom. The Kier molecular flexibility index (Phi) is 8.61. The maximum Gasteiger partial charge on any atom is 0.269 e. The summed E-state index contributed by atoms with van der Waals surface area (Å²) in [6.45, 7) is 8.72. The van der Waals surface area contributed by atoms with E-state index in [4.69, 9.17) is 4.74 Å². The largest absolute Gasteiger partial charge is 0.494 e. The van der Waals surface area contributed by atoms with Crippen molar-refractivity contribution in [1.29, 1.82) is 0 Å². The third kappa shape index (κ3) is 7.77. The van der Waals surface area contributed by atoms with Crippen molar-refractivity contribution in [1.82, 2.24) is 16.2 Å². The lowest BCUT2D eigenvalue weighted by molar-refractivity contribution is -0.120. The van der Waals surface area contributed by atoms with E-state index >= 15 is 0 Å². The van der Waals surface area contributed by atoms with Crippen LogP contribution in [0.4, 0.5) is 0 Å². The van der Waals surface area contributed by atoms with E-state index in [1.807, 2.05) is 12.1 Å². The maximum atomic E-state index is 12.2. The Labute approximate surface area is 183 Å². The van der Waals surface area contributed by atoms with Gasteiger partial charge in [-0.05, 0) is 53.8 Å². The second-order valence-corrected chi connectivity index (χ2v) is 8.24. The van der Waals surface area contributed by atoms with Crippen LogP contribution in [0, 0.1) is 0 Å². The van der Waals surface area contributed by atoms with Crippen LogP contribution in [-0.2, 0) is 10.2 Å². The summed E-state index contributed by atoms with van der Waals surface area (Å²) in [5, 5.41) is 2.51. The molecule has 3 amide bonds. The molecule has 2 aromatic carbocycles. The van der Waals surface area contributed by atoms with Crippen LogP contribution in [0.1, 0.15) is 66.8 Å². The molecule has 0 atom stereocenters. The SMILES string of the molecule is CCCCOc1ccc(C(=O)NCC(=O)NNC(=O)c2ccc(C(C)(C)C)cc2)cc1. The molecular weight excluding hydrogens is 394 g/mol. The average Bonchev–Trinajstić information content (AvgIpc) is 2.76. The van der Waals surface area contributed by atoms with Crippen LogP contribution < -0.4 is 20.9 Å². The van der Waals surface area contributed by atoms with E-state index in [1.54, 1.807) is 36.4 Å². The first-order chi connectivity index (χ1) is 14.7. The van der Waals surface area contributed by atoms with Gasteiger partial charge in [-0.1, -0.05) is 46.2 Å². The van der Waals surface area contributed by atoms with Gasteiger partial charge in [0, 0.05) is 11.1 Å². The summed E-state index contributed by atoms with van der Waals surface area (Å²) in [7, 11) is 0. The Morgan fingerprint density at radius 3 is 2.00 bits per heavy atom. The van der Waals surface area contributed by atoms with Crippen molar-refractivity contribution >= 4 is 17.7 Å². The molecule has 166 valence electrons. The Morgan fingerprint density at radius 2 is 1.42 bits per heavy atom. The number of nitrogens with one attached hydrogen (secondary N) is 3. The van der Waals surface area contributed by atoms with E-state index in [2.05, 4.69) is 43.9 Å². The topological polar surface area (TPSA) is 96.5 Å². The number of ether oxygens (including phenoxy) is 1. The highest BCUT2D eigenvalue weighted by Gasteiger charge is 2.15. The summed E-state index contributed by atoms with van der Waals surface area (Å²) < 4.78 is 5.56. The number of hydrogen-bond acceptors (Lipinski definition) is 4. The van der Waals surface area contributed by atoms with Gasteiger partial charge in [0.15, 0.2) is 0 Å². The van der Waals surface area contributed by atoms with Gasteiger partial charge in [-0.25, -0.2) is 0 Å². The highest BCUT2D eigenvalue weighted by atomic mass is 16.5. The van der Waals surface area contributed by atoms with Gasteiger partial charge in [0.25, 0.3) is 17.7 Å². The predicted molar refractivity (Wildman–Crippen MR) is 120 cm³/mol. The fourth-order valence-corrected chi connectivity index (χ4v) is 2.66. The molecule has 31 heavy (non-hydrogen) atoms. The van der Waals surface area contributed by atoms with Gasteiger partial charge >= 0.3 is 0 Å². The summed E-state index contributed by atoms with van der Waals surface area (Å²) in [6, 6.07) is 13.9. The molecule has 0 unspecified atom stereocenters. The Balaban J connectivity index is 1.76. The number of hydrazine groups is 1. The molecule has 7 nitrogen and oxygen atoms in total. The first kappa shape index (κ1) is 23.9. The average molecular weight is 426 g/mol. The van der Waals surface area contributed by atoms with Gasteiger partial charge in [-0.3, -0.25) is 25.2 Å². The Bertz CT molecular complexity index is 885. The minimum absolute atomic E-state index is 0.0101. The molecule has 0 aliphatic heterocycles. The number of unbranched alkanes of at least 4 members (excludes halogenated alkanes) is 1. The third-order valence-corrected chi connectivity index (χ3v) is 4.62. The van der Waals surface area contributed by atoms with E-state index in [0.29, 0.717) is 23.5 Å². The van der Waals surface area contributed by atoms with Crippen LogP contribution in [0.25, 0.3) is 0 Å². The van der Waals surface area contributed by atoms with Crippen LogP contribution in [0.2, 0.25) is 0 Å². The van der Waals surface area contributed by atoms with Crippen molar-refractivity contribution in [2.75, 3.05) is 13.2 Å². The lowest BCUT2D eigenvalue weighted by Gasteiger charge is -2.19. The lowest BCUT2D eigenvalue weighted by atomic mass is 9.87. The maximum absolute atomic E-state index is 12.2. The second-order valence-electron chi connectivity index (χ2n) is 8.24. The smallest absolute Gasteiger partial charge is 0.269 e. The second kappa shape index (κ2) is 11.2. The quantitative estimate of drug-likeness (QED) is 0.446. The summed E-state index contributed by atoms with van der Waals surface area (Å²) in [4.78, 5) is 36.3. The molecule has 0 radical (unpaired) electrons. The molecule has 3 N–H and O–H groups in total. The molecule has 0 saturated carbocycles. The molecule has 0 aliphatic carbocycles. The molecule has 0 bridgehead atoms. The van der Waals surface area contributed by atoms with Gasteiger partial charge in [0.2, 0.25) is 0 Å². The summed E-state index contributed by atoms with van der Waals surface area (Å²) in [5.74, 6) is -0.660. The molecule has 2 rings (SSSR count). The molecule has 2 aromatic rings. The molecule has 0 heterocycles. The fourth-order valence-electron chi connectivity index (χ4n) is 2.66. The van der Waals surface area contributed by atoms with Crippen LogP contribution in [0.3, 0.4) is 0 Å². The van der Waals surface area contributed by atoms with Crippen molar-refractivity contribution in [3.05, 3.63) is 65.2 Å². The minimum Gasteiger partial charge on any atom is -0.494 e. The number of amides is 3. The minimum atomic E-state index is -0.535. The van der Waals surface area contributed by atoms with Crippen molar-refractivity contribution < 1.29 is 19.1 Å². The number of hydrogen-bond donors (Lipinski definition) is 3. The number of carbonyl (C=O) groups is 3. The third-order valence-electron chi connectivity index (χ3n) is 4.62. The van der Waals surface area contributed by atoms with Crippen molar-refractivity contribution in [2.24, 2.45) is 0 Å². The standard InChI is InChI=1S/C24H31N3O4/c1-5-6-15-31-20-13-9-17(10-14-20)22(29)25-16-21(28)26-27-23(30)18-7-11-19(12-8-18)24(2,3)4/h7-14H,5-6,15-16H2,1-4H3,(H,25,29)(H,26,28)(H,27,30). The number of carbonyl (C=O) groups excluding carboxylic acids is 3. The van der Waals surface area contributed by atoms with Crippen LogP contribution in [-0.4, -0.2) is 30.9 Å². The van der Waals surface area contributed by atoms with E-state index in [0.717, 1.165) is 18.4 Å². The summed E-state index contributed by atoms with van der Waals surface area (Å²) >= 11 is 0. The molecular formula is C24H31N3O4. The van der Waals surface area contributed by atoms with Gasteiger partial charge in [-0.15, -0.1) is 0 Å². The molecule has 0 aliphatic rings. The summed E-state index contributed by atoms with van der Waals surface area (Å²) in [5.41, 5.74) is 6.59. The number of rotatable bonds is 8. The molecule has 7 heteroatoms. The molecule has 0 aromatic heterocycles. The molecule has 0 saturated heterocycles. The van der Waals surface area contributed by atoms with E-state index in [-0.39, 0.29) is 17.9 Å². The van der Waals surface area contributed by atoms with E-state index in [1.165, 1.54) is 0 Å². The highest BCUT2D eigenvalue weighted by molar-refractivity contribution is 5.98. The zero-order valence-corrected chi connectivity index (χ0v) is 18.6. The van der Waals surface area contributed by atoms with Gasteiger partial charge in [0.1, 0.15) is 5.75 Å². The zero-order valence-electron chi connectivity index (χ0n) is 18.6. The van der Waals surface area contributed by atoms with Crippen LogP contribution in [0.5, 0.6) is 5.75 Å². The van der Waals surface area contributed by atoms with Crippen LogP contribution >= 0.6 is 0 Å². The van der Waals surface area contributed by atoms with Crippen LogP contribution in [0.15, 0.2) is 48.5 Å². The van der Waals surface area contributed by atoms with Crippen molar-refractivity contribution in [2.45, 2.75) is 46.0 Å². The molecule has 0 spiro atoms.